The number of amides is 2. The quantitative estimate of drug-likeness (QED) is 0.508. The van der Waals surface area contributed by atoms with E-state index in [0.717, 1.165) is 16.7 Å². The molecule has 0 unspecified atom stereocenters. The molecule has 106 valence electrons. The van der Waals surface area contributed by atoms with Crippen LogP contribution >= 0.6 is 11.6 Å². The average Bonchev–Trinajstić information content (AvgIpc) is 2.47. The van der Waals surface area contributed by atoms with E-state index >= 15 is 0 Å². The van der Waals surface area contributed by atoms with Crippen LogP contribution in [0.25, 0.3) is 0 Å². The molecule has 0 heterocycles. The van der Waals surface area contributed by atoms with E-state index in [1.165, 1.54) is 0 Å². The van der Waals surface area contributed by atoms with Crippen LogP contribution < -0.4 is 5.73 Å². The Kier molecular flexibility index (Phi) is 4.83. The van der Waals surface area contributed by atoms with Gasteiger partial charge in [0.1, 0.15) is 0 Å². The molecule has 3 N–H and O–H groups in total. The highest BCUT2D eigenvalue weighted by molar-refractivity contribution is 6.30. The van der Waals surface area contributed by atoms with Crippen molar-refractivity contribution in [3.05, 3.63) is 70.2 Å². The largest absolute Gasteiger partial charge is 0.350 e. The molecule has 0 saturated carbocycles. The number of halogens is 1. The predicted octanol–water partition coefficient (Wildman–Crippen LogP) is 3.01. The zero-order valence-electron chi connectivity index (χ0n) is 11.1. The van der Waals surface area contributed by atoms with Crippen molar-refractivity contribution in [1.82, 2.24) is 5.06 Å². The summed E-state index contributed by atoms with van der Waals surface area (Å²) >= 11 is 5.81. The van der Waals surface area contributed by atoms with Gasteiger partial charge >= 0.3 is 6.03 Å². The summed E-state index contributed by atoms with van der Waals surface area (Å²) in [6.45, 7) is 0.0196. The van der Waals surface area contributed by atoms with Crippen molar-refractivity contribution in [2.75, 3.05) is 0 Å². The lowest BCUT2D eigenvalue weighted by Gasteiger charge is -2.11. The van der Waals surface area contributed by atoms with Gasteiger partial charge in [-0.25, -0.2) is 9.86 Å². The number of hydrogen-bond donors (Lipinski definition) is 2. The van der Waals surface area contributed by atoms with Crippen LogP contribution in [0, 0.1) is 11.8 Å². The fourth-order valence-electron chi connectivity index (χ4n) is 1.68. The molecule has 0 spiro atoms. The first-order chi connectivity index (χ1) is 10.0. The molecule has 4 nitrogen and oxygen atoms in total. The third kappa shape index (κ3) is 4.53. The maximum atomic E-state index is 10.8. The van der Waals surface area contributed by atoms with Crippen molar-refractivity contribution in [2.24, 2.45) is 5.73 Å². The molecule has 0 aliphatic carbocycles. The zero-order chi connectivity index (χ0) is 15.2. The highest BCUT2D eigenvalue weighted by Gasteiger charge is 2.06. The monoisotopic (exact) mass is 300 g/mol. The molecule has 2 amide bonds. The van der Waals surface area contributed by atoms with E-state index in [-0.39, 0.29) is 6.54 Å². The van der Waals surface area contributed by atoms with Crippen LogP contribution in [0.15, 0.2) is 48.5 Å². The lowest BCUT2D eigenvalue weighted by atomic mass is 10.1. The van der Waals surface area contributed by atoms with Gasteiger partial charge in [-0.3, -0.25) is 5.21 Å². The number of primary amides is 1. The van der Waals surface area contributed by atoms with Gasteiger partial charge < -0.3 is 5.73 Å². The third-order valence-electron chi connectivity index (χ3n) is 2.71. The molecule has 0 bridgehead atoms. The van der Waals surface area contributed by atoms with Crippen molar-refractivity contribution in [3.63, 3.8) is 0 Å². The number of rotatable bonds is 2. The normalized spacial score (nSPS) is 9.62. The Labute approximate surface area is 127 Å². The van der Waals surface area contributed by atoms with Crippen LogP contribution in [-0.4, -0.2) is 16.3 Å². The molecule has 0 fully saturated rings. The van der Waals surface area contributed by atoms with Crippen LogP contribution in [0.2, 0.25) is 5.02 Å². The van der Waals surface area contributed by atoms with Gasteiger partial charge in [0, 0.05) is 16.1 Å². The van der Waals surface area contributed by atoms with Gasteiger partial charge in [0.2, 0.25) is 0 Å². The van der Waals surface area contributed by atoms with Gasteiger partial charge in [-0.2, -0.15) is 0 Å². The molecule has 2 aromatic rings. The van der Waals surface area contributed by atoms with E-state index in [1.54, 1.807) is 30.3 Å². The summed E-state index contributed by atoms with van der Waals surface area (Å²) in [5.41, 5.74) is 7.33. The summed E-state index contributed by atoms with van der Waals surface area (Å²) in [7, 11) is 0. The fourth-order valence-corrected chi connectivity index (χ4v) is 1.80. The molecule has 0 aromatic heterocycles. The van der Waals surface area contributed by atoms with Crippen molar-refractivity contribution < 1.29 is 10.0 Å². The Balaban J connectivity index is 2.15. The summed E-state index contributed by atoms with van der Waals surface area (Å²) in [6.07, 6.45) is 0. The molecule has 2 aromatic carbocycles. The van der Waals surface area contributed by atoms with E-state index in [0.29, 0.717) is 10.1 Å². The van der Waals surface area contributed by atoms with E-state index in [4.69, 9.17) is 17.3 Å². The Bertz CT molecular complexity index is 702. The van der Waals surface area contributed by atoms with Crippen LogP contribution in [0.5, 0.6) is 0 Å². The standard InChI is InChI=1S/C16H13ClN2O2/c17-15-8-6-12(7-9-15)4-5-13-2-1-3-14(10-13)11-19(21)16(18)20/h1-3,6-10,21H,11H2,(H2,18,20). The Morgan fingerprint density at radius 3 is 2.48 bits per heavy atom. The van der Waals surface area contributed by atoms with Gasteiger partial charge in [0.25, 0.3) is 0 Å². The molecule has 0 aliphatic rings. The van der Waals surface area contributed by atoms with Crippen molar-refractivity contribution in [1.29, 1.82) is 0 Å². The number of benzene rings is 2. The summed E-state index contributed by atoms with van der Waals surface area (Å²) in [5.74, 6) is 6.03. The number of hydroxylamine groups is 2. The Morgan fingerprint density at radius 2 is 1.81 bits per heavy atom. The predicted molar refractivity (Wildman–Crippen MR) is 80.8 cm³/mol. The second kappa shape index (κ2) is 6.80. The molecule has 21 heavy (non-hydrogen) atoms. The molecule has 0 radical (unpaired) electrons. The van der Waals surface area contributed by atoms with Crippen LogP contribution in [0.4, 0.5) is 4.79 Å². The van der Waals surface area contributed by atoms with Crippen LogP contribution in [0.3, 0.4) is 0 Å². The molecule has 0 saturated heterocycles. The molecule has 5 heteroatoms. The van der Waals surface area contributed by atoms with Gasteiger partial charge in [0.05, 0.1) is 6.54 Å². The molecule has 0 aliphatic heterocycles. The smallest absolute Gasteiger partial charge is 0.338 e. The number of carbonyl (C=O) groups is 1. The van der Waals surface area contributed by atoms with E-state index in [9.17, 15) is 10.0 Å². The average molecular weight is 301 g/mol. The first-order valence-corrected chi connectivity index (χ1v) is 6.55. The maximum Gasteiger partial charge on any atom is 0.338 e. The SMILES string of the molecule is NC(=O)N(O)Cc1cccc(C#Cc2ccc(Cl)cc2)c1. The first-order valence-electron chi connectivity index (χ1n) is 6.17. The fraction of sp³-hybridized carbons (Fsp3) is 0.0625. The highest BCUT2D eigenvalue weighted by Crippen LogP contribution is 2.10. The molecule has 2 rings (SSSR count). The van der Waals surface area contributed by atoms with E-state index < -0.39 is 6.03 Å². The lowest BCUT2D eigenvalue weighted by molar-refractivity contribution is -0.0470. The van der Waals surface area contributed by atoms with Gasteiger partial charge in [-0.05, 0) is 42.0 Å². The van der Waals surface area contributed by atoms with Crippen LogP contribution in [-0.2, 0) is 6.54 Å². The number of hydrogen-bond acceptors (Lipinski definition) is 2. The minimum Gasteiger partial charge on any atom is -0.350 e. The summed E-state index contributed by atoms with van der Waals surface area (Å²) in [6, 6.07) is 13.5. The Morgan fingerprint density at radius 1 is 1.14 bits per heavy atom. The second-order valence-corrected chi connectivity index (χ2v) is 4.79. The van der Waals surface area contributed by atoms with E-state index in [1.807, 2.05) is 18.2 Å². The molecule has 0 atom stereocenters. The lowest BCUT2D eigenvalue weighted by Crippen LogP contribution is -2.31. The minimum atomic E-state index is -0.896. The number of nitrogens with zero attached hydrogens (tertiary/aromatic N) is 1. The Hall–Kier alpha value is -2.48. The second-order valence-electron chi connectivity index (χ2n) is 4.35. The van der Waals surface area contributed by atoms with E-state index in [2.05, 4.69) is 11.8 Å². The summed E-state index contributed by atoms with van der Waals surface area (Å²) in [4.78, 5) is 10.8. The maximum absolute atomic E-state index is 10.8. The first kappa shape index (κ1) is 14.9. The topological polar surface area (TPSA) is 66.6 Å². The van der Waals surface area contributed by atoms with Crippen molar-refractivity contribution >= 4 is 17.6 Å². The van der Waals surface area contributed by atoms with Crippen molar-refractivity contribution in [2.45, 2.75) is 6.54 Å². The van der Waals surface area contributed by atoms with Crippen LogP contribution in [0.1, 0.15) is 16.7 Å². The van der Waals surface area contributed by atoms with Crippen molar-refractivity contribution in [3.8, 4) is 11.8 Å². The molecular formula is C16H13ClN2O2. The number of urea groups is 1. The third-order valence-corrected chi connectivity index (χ3v) is 2.96. The summed E-state index contributed by atoms with van der Waals surface area (Å²) in [5, 5.41) is 10.4. The number of nitrogens with two attached hydrogens (primary N) is 1. The van der Waals surface area contributed by atoms with Gasteiger partial charge in [-0.15, -0.1) is 0 Å². The number of carbonyl (C=O) groups excluding carboxylic acids is 1. The molecular weight excluding hydrogens is 288 g/mol. The highest BCUT2D eigenvalue weighted by atomic mass is 35.5. The minimum absolute atomic E-state index is 0.0196. The van der Waals surface area contributed by atoms with Gasteiger partial charge in [0.15, 0.2) is 0 Å². The zero-order valence-corrected chi connectivity index (χ0v) is 11.8. The summed E-state index contributed by atoms with van der Waals surface area (Å²) < 4.78 is 0. The van der Waals surface area contributed by atoms with Gasteiger partial charge in [-0.1, -0.05) is 35.6 Å².